The van der Waals surface area contributed by atoms with Crippen molar-refractivity contribution in [1.82, 2.24) is 4.90 Å². The van der Waals surface area contributed by atoms with E-state index in [1.54, 1.807) is 30.3 Å². The highest BCUT2D eigenvalue weighted by atomic mass is 32.1. The quantitative estimate of drug-likeness (QED) is 0.907. The van der Waals surface area contributed by atoms with Gasteiger partial charge in [0.25, 0.3) is 5.91 Å². The highest BCUT2D eigenvalue weighted by molar-refractivity contribution is 7.14. The zero-order chi connectivity index (χ0) is 18.0. The molecule has 0 spiro atoms. The lowest BCUT2D eigenvalue weighted by atomic mass is 9.87. The number of hydrogen-bond donors (Lipinski definition) is 1. The maximum Gasteiger partial charge on any atom is 0.263 e. The third-order valence-electron chi connectivity index (χ3n) is 4.67. The molecule has 1 atom stereocenters. The average molecular weight is 356 g/mol. The summed E-state index contributed by atoms with van der Waals surface area (Å²) in [4.78, 5) is 28.4. The molecule has 1 aliphatic carbocycles. The minimum atomic E-state index is -0.0327. The Balaban J connectivity index is 1.69. The first-order chi connectivity index (χ1) is 12.0. The van der Waals surface area contributed by atoms with Crippen molar-refractivity contribution in [3.8, 4) is 0 Å². The van der Waals surface area contributed by atoms with Crippen molar-refractivity contribution in [3.63, 3.8) is 0 Å². The smallest absolute Gasteiger partial charge is 0.263 e. The first-order valence-corrected chi connectivity index (χ1v) is 9.52. The highest BCUT2D eigenvalue weighted by Gasteiger charge is 2.27. The summed E-state index contributed by atoms with van der Waals surface area (Å²) in [6.45, 7) is 2.10. The summed E-state index contributed by atoms with van der Waals surface area (Å²) in [6, 6.07) is 9.98. The molecule has 1 heterocycles. The zero-order valence-electron chi connectivity index (χ0n) is 15.0. The minimum absolute atomic E-state index is 0.0327. The molecule has 5 heteroatoms. The van der Waals surface area contributed by atoms with E-state index in [4.69, 9.17) is 0 Å². The number of nitrogens with zero attached hydrogens (tertiary/aromatic N) is 1. The molecule has 1 aliphatic rings. The molecular formula is C20H24N2O2S. The molecule has 25 heavy (non-hydrogen) atoms. The van der Waals surface area contributed by atoms with Crippen molar-refractivity contribution >= 4 is 28.8 Å². The van der Waals surface area contributed by atoms with Gasteiger partial charge in [0.15, 0.2) is 0 Å². The van der Waals surface area contributed by atoms with Gasteiger partial charge in [-0.25, -0.2) is 0 Å². The largest absolute Gasteiger partial charge is 0.344 e. The fraction of sp³-hybridized carbons (Fsp3) is 0.400. The van der Waals surface area contributed by atoms with Crippen LogP contribution in [0, 0.1) is 5.92 Å². The first kappa shape index (κ1) is 17.7. The molecule has 1 unspecified atom stereocenters. The van der Waals surface area contributed by atoms with Gasteiger partial charge in [-0.05, 0) is 55.0 Å². The predicted octanol–water partition coefficient (Wildman–Crippen LogP) is 3.76. The SMILES string of the molecule is CCc1cccc(NC(=O)C2CCc3sc(C(=O)N(C)C)cc3C2)c1. The number of fused-ring (bicyclic) bond motifs is 1. The maximum atomic E-state index is 12.6. The van der Waals surface area contributed by atoms with Gasteiger partial charge in [-0.1, -0.05) is 19.1 Å². The van der Waals surface area contributed by atoms with E-state index in [0.29, 0.717) is 6.42 Å². The lowest BCUT2D eigenvalue weighted by Crippen LogP contribution is -2.27. The van der Waals surface area contributed by atoms with Gasteiger partial charge in [0.05, 0.1) is 4.88 Å². The number of hydrogen-bond acceptors (Lipinski definition) is 3. The standard InChI is InChI=1S/C20H24N2O2S/c1-4-13-6-5-7-16(10-13)21-19(23)14-8-9-17-15(11-14)12-18(25-17)20(24)22(2)3/h5-7,10,12,14H,4,8-9,11H2,1-3H3,(H,21,23). The minimum Gasteiger partial charge on any atom is -0.344 e. The number of carbonyl (C=O) groups is 2. The predicted molar refractivity (Wildman–Crippen MR) is 102 cm³/mol. The molecule has 0 saturated heterocycles. The molecule has 132 valence electrons. The van der Waals surface area contributed by atoms with E-state index in [1.807, 2.05) is 24.3 Å². The molecule has 2 amide bonds. The van der Waals surface area contributed by atoms with Crippen molar-refractivity contribution in [1.29, 1.82) is 0 Å². The van der Waals surface area contributed by atoms with Crippen LogP contribution < -0.4 is 5.32 Å². The van der Waals surface area contributed by atoms with Gasteiger partial charge in [0.2, 0.25) is 5.91 Å². The Morgan fingerprint density at radius 1 is 1.28 bits per heavy atom. The van der Waals surface area contributed by atoms with Crippen LogP contribution in [-0.4, -0.2) is 30.8 Å². The molecule has 0 radical (unpaired) electrons. The Hall–Kier alpha value is -2.14. The number of amides is 2. The van der Waals surface area contributed by atoms with Gasteiger partial charge >= 0.3 is 0 Å². The van der Waals surface area contributed by atoms with Gasteiger partial charge in [-0.15, -0.1) is 11.3 Å². The fourth-order valence-corrected chi connectivity index (χ4v) is 4.42. The molecule has 2 aromatic rings. The second-order valence-electron chi connectivity index (χ2n) is 6.74. The Labute approximate surface area is 152 Å². The van der Waals surface area contributed by atoms with Crippen LogP contribution in [0.15, 0.2) is 30.3 Å². The second-order valence-corrected chi connectivity index (χ2v) is 7.88. The van der Waals surface area contributed by atoms with Gasteiger partial charge in [0.1, 0.15) is 0 Å². The Morgan fingerprint density at radius 3 is 2.80 bits per heavy atom. The summed E-state index contributed by atoms with van der Waals surface area (Å²) in [5.74, 6) is 0.0806. The Morgan fingerprint density at radius 2 is 2.08 bits per heavy atom. The molecule has 3 rings (SSSR count). The van der Waals surface area contributed by atoms with Crippen molar-refractivity contribution < 1.29 is 9.59 Å². The van der Waals surface area contributed by atoms with Crippen LogP contribution in [0.3, 0.4) is 0 Å². The number of carbonyl (C=O) groups excluding carboxylic acids is 2. The van der Waals surface area contributed by atoms with E-state index >= 15 is 0 Å². The van der Waals surface area contributed by atoms with Gasteiger partial charge < -0.3 is 10.2 Å². The second kappa shape index (κ2) is 7.40. The highest BCUT2D eigenvalue weighted by Crippen LogP contribution is 2.33. The van der Waals surface area contributed by atoms with Crippen LogP contribution in [0.2, 0.25) is 0 Å². The van der Waals surface area contributed by atoms with E-state index in [0.717, 1.165) is 35.4 Å². The number of nitrogens with one attached hydrogen (secondary N) is 1. The van der Waals surface area contributed by atoms with E-state index < -0.39 is 0 Å². The Kier molecular flexibility index (Phi) is 5.23. The molecular weight excluding hydrogens is 332 g/mol. The number of anilines is 1. The van der Waals surface area contributed by atoms with Crippen LogP contribution >= 0.6 is 11.3 Å². The van der Waals surface area contributed by atoms with Gasteiger partial charge in [0, 0.05) is 30.6 Å². The van der Waals surface area contributed by atoms with Crippen LogP contribution in [-0.2, 0) is 24.1 Å². The Bertz CT molecular complexity index is 795. The summed E-state index contributed by atoms with van der Waals surface area (Å²) in [6.07, 6.45) is 3.37. The van der Waals surface area contributed by atoms with Crippen molar-refractivity contribution in [2.45, 2.75) is 32.6 Å². The average Bonchev–Trinajstić information content (AvgIpc) is 3.04. The molecule has 0 bridgehead atoms. The van der Waals surface area contributed by atoms with E-state index in [2.05, 4.69) is 18.3 Å². The summed E-state index contributed by atoms with van der Waals surface area (Å²) in [5, 5.41) is 3.05. The summed E-state index contributed by atoms with van der Waals surface area (Å²) < 4.78 is 0. The number of thiophene rings is 1. The monoisotopic (exact) mass is 356 g/mol. The van der Waals surface area contributed by atoms with Crippen LogP contribution in [0.5, 0.6) is 0 Å². The van der Waals surface area contributed by atoms with Crippen LogP contribution in [0.4, 0.5) is 5.69 Å². The fourth-order valence-electron chi connectivity index (χ4n) is 3.19. The third-order valence-corrected chi connectivity index (χ3v) is 5.90. The molecule has 4 nitrogen and oxygen atoms in total. The lowest BCUT2D eigenvalue weighted by molar-refractivity contribution is -0.120. The van der Waals surface area contributed by atoms with E-state index in [9.17, 15) is 9.59 Å². The van der Waals surface area contributed by atoms with Gasteiger partial charge in [-0.2, -0.15) is 0 Å². The number of benzene rings is 1. The van der Waals surface area contributed by atoms with Crippen LogP contribution in [0.25, 0.3) is 0 Å². The van der Waals surface area contributed by atoms with Crippen molar-refractivity contribution in [3.05, 3.63) is 51.2 Å². The molecule has 0 aliphatic heterocycles. The van der Waals surface area contributed by atoms with Crippen molar-refractivity contribution in [2.75, 3.05) is 19.4 Å². The summed E-state index contributed by atoms with van der Waals surface area (Å²) in [7, 11) is 3.53. The molecule has 1 aromatic heterocycles. The zero-order valence-corrected chi connectivity index (χ0v) is 15.8. The molecule has 1 aromatic carbocycles. The van der Waals surface area contributed by atoms with E-state index in [-0.39, 0.29) is 17.7 Å². The summed E-state index contributed by atoms with van der Waals surface area (Å²) >= 11 is 1.57. The number of rotatable bonds is 4. The topological polar surface area (TPSA) is 49.4 Å². The first-order valence-electron chi connectivity index (χ1n) is 8.71. The summed E-state index contributed by atoms with van der Waals surface area (Å²) in [5.41, 5.74) is 3.24. The van der Waals surface area contributed by atoms with Crippen LogP contribution in [0.1, 0.15) is 39.0 Å². The normalized spacial score (nSPS) is 16.2. The van der Waals surface area contributed by atoms with Gasteiger partial charge in [-0.3, -0.25) is 9.59 Å². The molecule has 0 saturated carbocycles. The lowest BCUT2D eigenvalue weighted by Gasteiger charge is -2.21. The third kappa shape index (κ3) is 3.93. The maximum absolute atomic E-state index is 12.6. The molecule has 1 N–H and O–H groups in total. The molecule has 0 fully saturated rings. The number of aryl methyl sites for hydroxylation is 2. The van der Waals surface area contributed by atoms with E-state index in [1.165, 1.54) is 10.4 Å². The van der Waals surface area contributed by atoms with Crippen molar-refractivity contribution in [2.24, 2.45) is 5.92 Å².